The molecule has 0 fully saturated rings. The third-order valence-electron chi connectivity index (χ3n) is 3.77. The van der Waals surface area contributed by atoms with Gasteiger partial charge in [0.25, 0.3) is 0 Å². The molecule has 0 spiro atoms. The van der Waals surface area contributed by atoms with Gasteiger partial charge in [0, 0.05) is 19.0 Å². The lowest BCUT2D eigenvalue weighted by Crippen LogP contribution is -2.32. The molecule has 0 radical (unpaired) electrons. The number of amides is 1. The van der Waals surface area contributed by atoms with Gasteiger partial charge in [-0.15, -0.1) is 0 Å². The Labute approximate surface area is 120 Å². The van der Waals surface area contributed by atoms with Gasteiger partial charge >= 0.3 is 5.97 Å². The maximum atomic E-state index is 11.9. The van der Waals surface area contributed by atoms with Crippen molar-refractivity contribution >= 4 is 11.9 Å². The van der Waals surface area contributed by atoms with Crippen molar-refractivity contribution in [1.29, 1.82) is 0 Å². The average molecular weight is 282 g/mol. The Morgan fingerprint density at radius 1 is 1.35 bits per heavy atom. The normalized spacial score (nSPS) is 22.7. The molecule has 20 heavy (non-hydrogen) atoms. The van der Waals surface area contributed by atoms with E-state index >= 15 is 0 Å². The van der Waals surface area contributed by atoms with Gasteiger partial charge in [-0.2, -0.15) is 0 Å². The zero-order valence-corrected chi connectivity index (χ0v) is 12.2. The molecule has 1 rings (SSSR count). The third kappa shape index (κ3) is 6.19. The first-order valence-electron chi connectivity index (χ1n) is 7.46. The van der Waals surface area contributed by atoms with Gasteiger partial charge in [-0.1, -0.05) is 31.9 Å². The van der Waals surface area contributed by atoms with Crippen LogP contribution in [0.3, 0.4) is 0 Å². The van der Waals surface area contributed by atoms with Crippen molar-refractivity contribution in [3.8, 4) is 0 Å². The molecule has 5 nitrogen and oxygen atoms in total. The van der Waals surface area contributed by atoms with Crippen LogP contribution in [0.5, 0.6) is 0 Å². The van der Waals surface area contributed by atoms with Crippen LogP contribution in [0, 0.1) is 11.8 Å². The second-order valence-electron chi connectivity index (χ2n) is 5.56. The first-order chi connectivity index (χ1) is 9.52. The molecule has 0 aromatic heterocycles. The summed E-state index contributed by atoms with van der Waals surface area (Å²) in [6.07, 6.45) is 8.21. The number of carboxylic acids is 1. The minimum Gasteiger partial charge on any atom is -0.481 e. The second kappa shape index (κ2) is 8.74. The minimum absolute atomic E-state index is 0.00541. The monoisotopic (exact) mass is 282 g/mol. The van der Waals surface area contributed by atoms with Crippen molar-refractivity contribution in [2.45, 2.75) is 51.5 Å². The number of nitrogens with one attached hydrogen (secondary N) is 1. The zero-order chi connectivity index (χ0) is 15.0. The van der Waals surface area contributed by atoms with E-state index in [1.807, 2.05) is 12.2 Å². The number of nitrogens with two attached hydrogens (primary N) is 1. The van der Waals surface area contributed by atoms with Crippen molar-refractivity contribution in [2.24, 2.45) is 17.6 Å². The van der Waals surface area contributed by atoms with Crippen LogP contribution in [0.2, 0.25) is 0 Å². The van der Waals surface area contributed by atoms with Crippen molar-refractivity contribution < 1.29 is 14.7 Å². The van der Waals surface area contributed by atoms with Gasteiger partial charge < -0.3 is 16.2 Å². The summed E-state index contributed by atoms with van der Waals surface area (Å²) < 4.78 is 0. The quantitative estimate of drug-likeness (QED) is 0.561. The Hall–Kier alpha value is -1.36. The largest absolute Gasteiger partial charge is 0.481 e. The van der Waals surface area contributed by atoms with Gasteiger partial charge in [-0.25, -0.2) is 0 Å². The number of hydrogen-bond donors (Lipinski definition) is 3. The fourth-order valence-electron chi connectivity index (χ4n) is 2.62. The van der Waals surface area contributed by atoms with Gasteiger partial charge in [0.15, 0.2) is 0 Å². The van der Waals surface area contributed by atoms with Crippen molar-refractivity contribution in [1.82, 2.24) is 5.32 Å². The molecule has 0 bridgehead atoms. The van der Waals surface area contributed by atoms with Gasteiger partial charge in [0.05, 0.1) is 5.92 Å². The molecule has 0 saturated carbocycles. The van der Waals surface area contributed by atoms with E-state index in [1.54, 1.807) is 0 Å². The van der Waals surface area contributed by atoms with E-state index < -0.39 is 5.97 Å². The fraction of sp³-hybridized carbons (Fsp3) is 0.733. The molecule has 3 unspecified atom stereocenters. The van der Waals surface area contributed by atoms with E-state index in [0.29, 0.717) is 25.3 Å². The summed E-state index contributed by atoms with van der Waals surface area (Å²) in [4.78, 5) is 22.5. The molecule has 114 valence electrons. The molecule has 1 amide bonds. The molecule has 1 aliphatic carbocycles. The Morgan fingerprint density at radius 2 is 2.10 bits per heavy atom. The van der Waals surface area contributed by atoms with E-state index in [1.165, 1.54) is 0 Å². The highest BCUT2D eigenvalue weighted by Gasteiger charge is 2.22. The standard InChI is InChI=1S/C15H26N2O3/c1-2-3-11(4-7-14(18)19)8-9-17-15(20)12-5-6-13(16)10-12/h5-6,11-13H,2-4,7-10,16H2,1H3,(H,17,20)(H,18,19). The molecule has 3 atom stereocenters. The number of aliphatic carboxylic acids is 1. The Balaban J connectivity index is 2.23. The lowest BCUT2D eigenvalue weighted by atomic mass is 9.94. The molecular formula is C15H26N2O3. The second-order valence-corrected chi connectivity index (χ2v) is 5.56. The van der Waals surface area contributed by atoms with E-state index in [2.05, 4.69) is 12.2 Å². The highest BCUT2D eigenvalue weighted by molar-refractivity contribution is 5.81. The molecular weight excluding hydrogens is 256 g/mol. The summed E-state index contributed by atoms with van der Waals surface area (Å²) in [6, 6.07) is -0.00541. The van der Waals surface area contributed by atoms with Gasteiger partial charge in [-0.3, -0.25) is 9.59 Å². The van der Waals surface area contributed by atoms with E-state index in [9.17, 15) is 9.59 Å². The predicted molar refractivity (Wildman–Crippen MR) is 78.1 cm³/mol. The average Bonchev–Trinajstić information content (AvgIpc) is 2.82. The molecule has 0 aliphatic heterocycles. The third-order valence-corrected chi connectivity index (χ3v) is 3.77. The van der Waals surface area contributed by atoms with Gasteiger partial charge in [-0.05, 0) is 25.2 Å². The van der Waals surface area contributed by atoms with Crippen LogP contribution in [-0.4, -0.2) is 29.6 Å². The molecule has 0 aromatic rings. The Kier molecular flexibility index (Phi) is 7.30. The lowest BCUT2D eigenvalue weighted by molar-refractivity contribution is -0.137. The predicted octanol–water partition coefficient (Wildman–Crippen LogP) is 1.68. The van der Waals surface area contributed by atoms with E-state index in [4.69, 9.17) is 10.8 Å². The first-order valence-corrected chi connectivity index (χ1v) is 7.46. The number of rotatable bonds is 9. The van der Waals surface area contributed by atoms with Crippen molar-refractivity contribution in [2.75, 3.05) is 6.54 Å². The summed E-state index contributed by atoms with van der Waals surface area (Å²) >= 11 is 0. The van der Waals surface area contributed by atoms with Gasteiger partial charge in [0.1, 0.15) is 0 Å². The van der Waals surface area contributed by atoms with Crippen LogP contribution in [0.1, 0.15) is 45.4 Å². The van der Waals surface area contributed by atoms with Gasteiger partial charge in [0.2, 0.25) is 5.91 Å². The topological polar surface area (TPSA) is 92.4 Å². The summed E-state index contributed by atoms with van der Waals surface area (Å²) in [6.45, 7) is 2.71. The Bertz CT molecular complexity index is 355. The summed E-state index contributed by atoms with van der Waals surface area (Å²) in [5, 5.41) is 11.7. The summed E-state index contributed by atoms with van der Waals surface area (Å²) in [7, 11) is 0. The molecule has 0 aromatic carbocycles. The van der Waals surface area contributed by atoms with Crippen LogP contribution in [0.15, 0.2) is 12.2 Å². The zero-order valence-electron chi connectivity index (χ0n) is 12.2. The van der Waals surface area contributed by atoms with E-state index in [0.717, 1.165) is 19.3 Å². The maximum Gasteiger partial charge on any atom is 0.303 e. The molecule has 0 saturated heterocycles. The number of carbonyl (C=O) groups is 2. The van der Waals surface area contributed by atoms with Crippen LogP contribution >= 0.6 is 0 Å². The molecule has 0 heterocycles. The van der Waals surface area contributed by atoms with Crippen LogP contribution in [-0.2, 0) is 9.59 Å². The highest BCUT2D eigenvalue weighted by Crippen LogP contribution is 2.18. The number of carboxylic acid groups (broad SMARTS) is 1. The van der Waals surface area contributed by atoms with Crippen molar-refractivity contribution in [3.05, 3.63) is 12.2 Å². The maximum absolute atomic E-state index is 11.9. The molecule has 5 heteroatoms. The summed E-state index contributed by atoms with van der Waals surface area (Å²) in [5.41, 5.74) is 5.72. The fourth-order valence-corrected chi connectivity index (χ4v) is 2.62. The Morgan fingerprint density at radius 3 is 2.65 bits per heavy atom. The SMILES string of the molecule is CCCC(CCNC(=O)C1C=CC(N)C1)CCC(=O)O. The van der Waals surface area contributed by atoms with Crippen molar-refractivity contribution in [3.63, 3.8) is 0 Å². The van der Waals surface area contributed by atoms with Crippen LogP contribution in [0.4, 0.5) is 0 Å². The molecule has 4 N–H and O–H groups in total. The minimum atomic E-state index is -0.750. The first kappa shape index (κ1) is 16.7. The lowest BCUT2D eigenvalue weighted by Gasteiger charge is -2.16. The highest BCUT2D eigenvalue weighted by atomic mass is 16.4. The molecule has 1 aliphatic rings. The number of hydrogen-bond acceptors (Lipinski definition) is 3. The summed E-state index contributed by atoms with van der Waals surface area (Å²) in [5.74, 6) is -0.450. The number of carbonyl (C=O) groups excluding carboxylic acids is 1. The smallest absolute Gasteiger partial charge is 0.303 e. The van der Waals surface area contributed by atoms with Crippen LogP contribution in [0.25, 0.3) is 0 Å². The van der Waals surface area contributed by atoms with E-state index in [-0.39, 0.29) is 24.3 Å². The van der Waals surface area contributed by atoms with Crippen LogP contribution < -0.4 is 11.1 Å².